The number of carbonyl (C=O) groups excluding carboxylic acids is 2. The number of nitrogens with zero attached hydrogens (tertiary/aromatic N) is 1. The van der Waals surface area contributed by atoms with Crippen molar-refractivity contribution in [1.29, 1.82) is 0 Å². The largest absolute Gasteiger partial charge is 0.489 e. The summed E-state index contributed by atoms with van der Waals surface area (Å²) in [7, 11) is 0. The van der Waals surface area contributed by atoms with E-state index in [1.165, 1.54) is 0 Å². The van der Waals surface area contributed by atoms with Crippen LogP contribution in [0.4, 0.5) is 11.4 Å². The zero-order chi connectivity index (χ0) is 19.4. The summed E-state index contributed by atoms with van der Waals surface area (Å²) in [5.74, 6) is -0.0256. The normalized spacial score (nSPS) is 18.1. The minimum absolute atomic E-state index is 0.00978. The summed E-state index contributed by atoms with van der Waals surface area (Å²) < 4.78 is 5.74. The Labute approximate surface area is 160 Å². The van der Waals surface area contributed by atoms with Gasteiger partial charge in [0, 0.05) is 12.2 Å². The number of ether oxygens (including phenoxy) is 1. The average Bonchev–Trinajstić information content (AvgIpc) is 3.45. The summed E-state index contributed by atoms with van der Waals surface area (Å²) in [4.78, 5) is 27.2. The lowest BCUT2D eigenvalue weighted by Gasteiger charge is -2.21. The standard InChI is InChI=1S/C22H26N2O3/c1-4-24(16-10-6-5-7-11-16)22(26)18-14-17(18)21(25)23-19-12-8-9-13-20(19)27-15(2)3/h5-13,15,17-18H,4,14H2,1-3H3,(H,23,25). The predicted octanol–water partition coefficient (Wildman–Crippen LogP) is 4.10. The Balaban J connectivity index is 1.65. The minimum atomic E-state index is -0.289. The maximum atomic E-state index is 12.8. The highest BCUT2D eigenvalue weighted by atomic mass is 16.5. The third-order valence-electron chi connectivity index (χ3n) is 4.60. The summed E-state index contributed by atoms with van der Waals surface area (Å²) in [6, 6.07) is 16.9. The molecule has 2 amide bonds. The molecule has 1 aliphatic rings. The Morgan fingerprint density at radius 3 is 2.41 bits per heavy atom. The fourth-order valence-corrected chi connectivity index (χ4v) is 3.18. The van der Waals surface area contributed by atoms with E-state index in [2.05, 4.69) is 5.32 Å². The molecule has 142 valence electrons. The molecule has 0 spiro atoms. The number of rotatable bonds is 7. The Morgan fingerprint density at radius 1 is 1.07 bits per heavy atom. The molecule has 3 rings (SSSR count). The monoisotopic (exact) mass is 366 g/mol. The van der Waals surface area contributed by atoms with Crippen LogP contribution in [-0.2, 0) is 9.59 Å². The van der Waals surface area contributed by atoms with Crippen molar-refractivity contribution in [3.63, 3.8) is 0 Å². The van der Waals surface area contributed by atoms with Crippen LogP contribution >= 0.6 is 0 Å². The number of para-hydroxylation sites is 3. The maximum Gasteiger partial charge on any atom is 0.230 e. The zero-order valence-corrected chi connectivity index (χ0v) is 16.0. The minimum Gasteiger partial charge on any atom is -0.489 e. The van der Waals surface area contributed by atoms with Crippen LogP contribution in [0.15, 0.2) is 54.6 Å². The van der Waals surface area contributed by atoms with Gasteiger partial charge in [-0.05, 0) is 51.5 Å². The molecule has 2 aromatic rings. The molecule has 1 fully saturated rings. The van der Waals surface area contributed by atoms with E-state index < -0.39 is 0 Å². The molecule has 1 saturated carbocycles. The number of nitrogens with one attached hydrogen (secondary N) is 1. The molecule has 0 aliphatic heterocycles. The number of anilines is 2. The number of carbonyl (C=O) groups is 2. The summed E-state index contributed by atoms with van der Waals surface area (Å²) in [6.07, 6.45) is 0.601. The van der Waals surface area contributed by atoms with Gasteiger partial charge < -0.3 is 15.0 Å². The molecule has 2 unspecified atom stereocenters. The zero-order valence-electron chi connectivity index (χ0n) is 16.0. The molecule has 0 heterocycles. The summed E-state index contributed by atoms with van der Waals surface area (Å²) in [5, 5.41) is 2.92. The molecule has 0 bridgehead atoms. The first-order valence-corrected chi connectivity index (χ1v) is 9.44. The molecule has 5 nitrogen and oxygen atoms in total. The van der Waals surface area contributed by atoms with Crippen LogP contribution in [0.3, 0.4) is 0 Å². The smallest absolute Gasteiger partial charge is 0.230 e. The van der Waals surface area contributed by atoms with Crippen molar-refractivity contribution < 1.29 is 14.3 Å². The lowest BCUT2D eigenvalue weighted by Crippen LogP contribution is -2.33. The summed E-state index contributed by atoms with van der Waals surface area (Å²) in [6.45, 7) is 6.41. The quantitative estimate of drug-likeness (QED) is 0.802. The molecule has 0 aromatic heterocycles. The van der Waals surface area contributed by atoms with Crippen LogP contribution < -0.4 is 15.0 Å². The Hall–Kier alpha value is -2.82. The molecule has 0 radical (unpaired) electrons. The first-order chi connectivity index (χ1) is 13.0. The third kappa shape index (κ3) is 4.48. The first-order valence-electron chi connectivity index (χ1n) is 9.44. The van der Waals surface area contributed by atoms with E-state index in [9.17, 15) is 9.59 Å². The van der Waals surface area contributed by atoms with Gasteiger partial charge in [-0.3, -0.25) is 9.59 Å². The van der Waals surface area contributed by atoms with Gasteiger partial charge in [0.2, 0.25) is 11.8 Å². The highest BCUT2D eigenvalue weighted by molar-refractivity contribution is 6.04. The van der Waals surface area contributed by atoms with Crippen molar-refractivity contribution >= 4 is 23.2 Å². The molecule has 27 heavy (non-hydrogen) atoms. The molecule has 1 N–H and O–H groups in total. The second kappa shape index (κ2) is 8.25. The van der Waals surface area contributed by atoms with E-state index in [1.807, 2.05) is 75.4 Å². The third-order valence-corrected chi connectivity index (χ3v) is 4.60. The molecule has 0 saturated heterocycles. The number of benzene rings is 2. The molecule has 2 atom stereocenters. The predicted molar refractivity (Wildman–Crippen MR) is 107 cm³/mol. The van der Waals surface area contributed by atoms with Crippen molar-refractivity contribution in [2.45, 2.75) is 33.3 Å². The second-order valence-corrected chi connectivity index (χ2v) is 7.02. The van der Waals surface area contributed by atoms with E-state index in [1.54, 1.807) is 4.90 Å². The van der Waals surface area contributed by atoms with Gasteiger partial charge in [0.15, 0.2) is 0 Å². The SMILES string of the molecule is CCN(C(=O)C1CC1C(=O)Nc1ccccc1OC(C)C)c1ccccc1. The summed E-state index contributed by atoms with van der Waals surface area (Å²) in [5.41, 5.74) is 1.51. The number of hydrogen-bond acceptors (Lipinski definition) is 3. The van der Waals surface area contributed by atoms with Crippen LogP contribution in [-0.4, -0.2) is 24.5 Å². The van der Waals surface area contributed by atoms with Crippen LogP contribution in [0.1, 0.15) is 27.2 Å². The van der Waals surface area contributed by atoms with E-state index in [4.69, 9.17) is 4.74 Å². The van der Waals surface area contributed by atoms with E-state index in [-0.39, 0.29) is 29.8 Å². The van der Waals surface area contributed by atoms with Crippen LogP contribution in [0.25, 0.3) is 0 Å². The van der Waals surface area contributed by atoms with E-state index in [0.29, 0.717) is 24.4 Å². The Morgan fingerprint density at radius 2 is 1.74 bits per heavy atom. The average molecular weight is 366 g/mol. The topological polar surface area (TPSA) is 58.6 Å². The van der Waals surface area contributed by atoms with Gasteiger partial charge in [-0.2, -0.15) is 0 Å². The highest BCUT2D eigenvalue weighted by Gasteiger charge is 2.49. The van der Waals surface area contributed by atoms with Crippen molar-refractivity contribution in [2.75, 3.05) is 16.8 Å². The van der Waals surface area contributed by atoms with Gasteiger partial charge >= 0.3 is 0 Å². The van der Waals surface area contributed by atoms with Gasteiger partial charge in [0.05, 0.1) is 23.6 Å². The molecule has 5 heteroatoms. The molecule has 1 aliphatic carbocycles. The molecule has 2 aromatic carbocycles. The van der Waals surface area contributed by atoms with Crippen molar-refractivity contribution in [2.24, 2.45) is 11.8 Å². The van der Waals surface area contributed by atoms with Crippen LogP contribution in [0, 0.1) is 11.8 Å². The van der Waals surface area contributed by atoms with Gasteiger partial charge in [-0.1, -0.05) is 30.3 Å². The van der Waals surface area contributed by atoms with Gasteiger partial charge in [-0.25, -0.2) is 0 Å². The van der Waals surface area contributed by atoms with Gasteiger partial charge in [-0.15, -0.1) is 0 Å². The highest BCUT2D eigenvalue weighted by Crippen LogP contribution is 2.42. The molecular formula is C22H26N2O3. The lowest BCUT2D eigenvalue weighted by atomic mass is 10.2. The van der Waals surface area contributed by atoms with Crippen molar-refractivity contribution in [3.05, 3.63) is 54.6 Å². The van der Waals surface area contributed by atoms with Crippen molar-refractivity contribution in [3.8, 4) is 5.75 Å². The lowest BCUT2D eigenvalue weighted by molar-refractivity contribution is -0.123. The fourth-order valence-electron chi connectivity index (χ4n) is 3.18. The fraction of sp³-hybridized carbons (Fsp3) is 0.364. The van der Waals surface area contributed by atoms with E-state index >= 15 is 0 Å². The molecular weight excluding hydrogens is 340 g/mol. The van der Waals surface area contributed by atoms with Crippen molar-refractivity contribution in [1.82, 2.24) is 0 Å². The van der Waals surface area contributed by atoms with Gasteiger partial charge in [0.25, 0.3) is 0 Å². The number of hydrogen-bond donors (Lipinski definition) is 1. The van der Waals surface area contributed by atoms with Gasteiger partial charge in [0.1, 0.15) is 5.75 Å². The van der Waals surface area contributed by atoms with Crippen LogP contribution in [0.5, 0.6) is 5.75 Å². The second-order valence-electron chi connectivity index (χ2n) is 7.02. The van der Waals surface area contributed by atoms with E-state index in [0.717, 1.165) is 5.69 Å². The number of amides is 2. The Bertz CT molecular complexity index is 804. The van der Waals surface area contributed by atoms with Crippen LogP contribution in [0.2, 0.25) is 0 Å². The summed E-state index contributed by atoms with van der Waals surface area (Å²) >= 11 is 0. The first kappa shape index (κ1) is 19.0. The maximum absolute atomic E-state index is 12.8. The Kier molecular flexibility index (Phi) is 5.79.